The molecule has 3 saturated carbocycles. The smallest absolute Gasteiger partial charge is 0.253 e. The summed E-state index contributed by atoms with van der Waals surface area (Å²) in [6, 6.07) is 15.2. The summed E-state index contributed by atoms with van der Waals surface area (Å²) >= 11 is 1.52. The minimum absolute atomic E-state index is 0.0174. The average Bonchev–Trinajstić information content (AvgIpc) is 3.98. The summed E-state index contributed by atoms with van der Waals surface area (Å²) in [6.07, 6.45) is 5.36. The lowest BCUT2D eigenvalue weighted by molar-refractivity contribution is -0.304. The number of carbonyl (C=O) groups excluding carboxylic acids is 5. The highest BCUT2D eigenvalue weighted by atomic mass is 32.2. The van der Waals surface area contributed by atoms with Gasteiger partial charge in [-0.3, -0.25) is 28.9 Å². The van der Waals surface area contributed by atoms with E-state index in [0.29, 0.717) is 90.2 Å². The molecule has 5 fully saturated rings. The second kappa shape index (κ2) is 22.7. The number of allylic oxidation sites excluding steroid dienone is 2. The van der Waals surface area contributed by atoms with E-state index in [1.165, 1.54) is 36.1 Å². The molecule has 0 aromatic heterocycles. The van der Waals surface area contributed by atoms with Gasteiger partial charge in [0.15, 0.2) is 23.5 Å². The van der Waals surface area contributed by atoms with Gasteiger partial charge in [-0.15, -0.1) is 0 Å². The van der Waals surface area contributed by atoms with Crippen molar-refractivity contribution in [3.8, 4) is 0 Å². The Morgan fingerprint density at radius 2 is 1.44 bits per heavy atom. The van der Waals surface area contributed by atoms with E-state index in [-0.39, 0.29) is 80.0 Å². The number of benzene rings is 2. The molecule has 2 unspecified atom stereocenters. The molecule has 9 rings (SSSR count). The lowest BCUT2D eigenvalue weighted by Crippen LogP contribution is -2.73. The van der Waals surface area contributed by atoms with E-state index < -0.39 is 47.6 Å². The highest BCUT2D eigenvalue weighted by molar-refractivity contribution is 7.99. The van der Waals surface area contributed by atoms with Crippen molar-refractivity contribution in [1.82, 2.24) is 4.90 Å². The molecule has 382 valence electrons. The fourth-order valence-electron chi connectivity index (χ4n) is 11.7. The van der Waals surface area contributed by atoms with Gasteiger partial charge >= 0.3 is 0 Å². The summed E-state index contributed by atoms with van der Waals surface area (Å²) < 4.78 is 68.7. The number of hydrogen-bond donors (Lipinski definition) is 2. The Kier molecular flexibility index (Phi) is 16.4. The number of ketones is 2. The fraction of sp³-hybridized carbons (Fsp3) is 0.558. The van der Waals surface area contributed by atoms with Crippen LogP contribution in [0.3, 0.4) is 0 Å². The Morgan fingerprint density at radius 1 is 0.803 bits per heavy atom. The topological polar surface area (TPSA) is 204 Å². The zero-order chi connectivity index (χ0) is 49.6. The third-order valence-electron chi connectivity index (χ3n) is 14.8. The largest absolute Gasteiger partial charge is 0.388 e. The molecule has 1 spiro atoms. The SMILES string of the molecule is C[C@]12C[C@@H]3O[C@]45C=CC(=O)C=C4[C@@H](F)C[C@@H](C1C[C@H]1O[C@@H](c4ccc(Sc6cccc(NC(=O)CCOCCOCCOCCOCCOCCOCCN7C(=O)C=CC7=O)c6)cc4)O[C@]12C(=O)CO)C35. The van der Waals surface area contributed by atoms with Gasteiger partial charge in [0.25, 0.3) is 11.8 Å². The number of amides is 3. The molecule has 3 aliphatic heterocycles. The number of aliphatic hydroxyl groups is 1. The first-order valence-corrected chi connectivity index (χ1v) is 25.2. The summed E-state index contributed by atoms with van der Waals surface area (Å²) in [7, 11) is 0. The number of ether oxygens (including phenoxy) is 9. The summed E-state index contributed by atoms with van der Waals surface area (Å²) in [5.74, 6) is -1.77. The molecule has 2 aromatic carbocycles. The first-order chi connectivity index (χ1) is 34.5. The number of anilines is 1. The van der Waals surface area contributed by atoms with Crippen molar-refractivity contribution < 1.29 is 76.1 Å². The number of halogens is 1. The van der Waals surface area contributed by atoms with Crippen molar-refractivity contribution in [2.45, 2.75) is 78.3 Å². The zero-order valence-corrected chi connectivity index (χ0v) is 40.5. The van der Waals surface area contributed by atoms with Crippen LogP contribution in [0.15, 0.2) is 94.3 Å². The monoisotopic (exact) mass is 1000 g/mol. The number of Topliss-reactive ketones (excluding diaryl/α,β-unsaturated/α-hetero) is 1. The third kappa shape index (κ3) is 10.6. The molecule has 19 heteroatoms. The van der Waals surface area contributed by atoms with E-state index in [2.05, 4.69) is 5.32 Å². The van der Waals surface area contributed by atoms with Crippen LogP contribution in [-0.2, 0) is 66.6 Å². The van der Waals surface area contributed by atoms with E-state index in [4.69, 9.17) is 42.6 Å². The maximum absolute atomic E-state index is 15.9. The predicted octanol–water partition coefficient (Wildman–Crippen LogP) is 4.51. The van der Waals surface area contributed by atoms with Crippen molar-refractivity contribution >= 4 is 46.7 Å². The van der Waals surface area contributed by atoms with E-state index in [1.807, 2.05) is 55.5 Å². The van der Waals surface area contributed by atoms with E-state index in [9.17, 15) is 29.1 Å². The Balaban J connectivity index is 0.634. The second-order valence-corrected chi connectivity index (χ2v) is 20.0. The van der Waals surface area contributed by atoms with Crippen molar-refractivity contribution in [2.24, 2.45) is 23.2 Å². The molecule has 71 heavy (non-hydrogen) atoms. The van der Waals surface area contributed by atoms with Crippen LogP contribution >= 0.6 is 11.8 Å². The fourth-order valence-corrected chi connectivity index (χ4v) is 12.6. The number of carbonyl (C=O) groups is 5. The average molecular weight is 1010 g/mol. The molecule has 4 aliphatic carbocycles. The summed E-state index contributed by atoms with van der Waals surface area (Å²) in [5.41, 5.74) is -1.37. The van der Waals surface area contributed by atoms with E-state index >= 15 is 4.39 Å². The zero-order valence-electron chi connectivity index (χ0n) is 39.7. The number of rotatable bonds is 27. The van der Waals surface area contributed by atoms with Gasteiger partial charge in [-0.05, 0) is 79.7 Å². The van der Waals surface area contributed by atoms with Gasteiger partial charge < -0.3 is 53.1 Å². The molecule has 7 aliphatic rings. The molecule has 2 saturated heterocycles. The number of nitrogens with zero attached hydrogens (tertiary/aromatic N) is 1. The van der Waals surface area contributed by atoms with Crippen LogP contribution in [-0.4, -0.2) is 161 Å². The molecule has 3 heterocycles. The van der Waals surface area contributed by atoms with Crippen LogP contribution in [0.25, 0.3) is 0 Å². The maximum Gasteiger partial charge on any atom is 0.253 e. The number of alkyl halides is 1. The molecule has 0 bridgehead atoms. The van der Waals surface area contributed by atoms with Crippen LogP contribution in [0.4, 0.5) is 10.1 Å². The van der Waals surface area contributed by atoms with Gasteiger partial charge in [-0.25, -0.2) is 4.39 Å². The Labute approximate surface area is 415 Å². The number of imide groups is 1. The van der Waals surface area contributed by atoms with Crippen molar-refractivity contribution in [1.29, 1.82) is 0 Å². The minimum Gasteiger partial charge on any atom is -0.388 e. The first-order valence-electron chi connectivity index (χ1n) is 24.4. The molecule has 10 atom stereocenters. The van der Waals surface area contributed by atoms with Gasteiger partial charge in [0.2, 0.25) is 5.91 Å². The molecule has 2 N–H and O–H groups in total. The Hall–Kier alpha value is -4.51. The number of fused-ring (bicyclic) bond motifs is 4. The van der Waals surface area contributed by atoms with Gasteiger partial charge in [0.05, 0.1) is 104 Å². The van der Waals surface area contributed by atoms with Gasteiger partial charge in [0.1, 0.15) is 18.4 Å². The van der Waals surface area contributed by atoms with Crippen LogP contribution in [0.1, 0.15) is 44.5 Å². The van der Waals surface area contributed by atoms with E-state index in [0.717, 1.165) is 20.3 Å². The highest BCUT2D eigenvalue weighted by Crippen LogP contribution is 2.73. The van der Waals surface area contributed by atoms with Crippen molar-refractivity contribution in [2.75, 3.05) is 97.8 Å². The highest BCUT2D eigenvalue weighted by Gasteiger charge is 2.79. The summed E-state index contributed by atoms with van der Waals surface area (Å²) in [4.78, 5) is 64.8. The van der Waals surface area contributed by atoms with E-state index in [1.54, 1.807) is 6.08 Å². The lowest BCUT2D eigenvalue weighted by atomic mass is 9.46. The lowest BCUT2D eigenvalue weighted by Gasteiger charge is -2.68. The molecule has 2 aromatic rings. The van der Waals surface area contributed by atoms with Crippen molar-refractivity contribution in [3.63, 3.8) is 0 Å². The Morgan fingerprint density at radius 3 is 2.08 bits per heavy atom. The number of hydrogen-bond acceptors (Lipinski definition) is 16. The molecule has 3 amide bonds. The van der Waals surface area contributed by atoms with Gasteiger partial charge in [-0.1, -0.05) is 36.9 Å². The minimum atomic E-state index is -1.44. The maximum atomic E-state index is 15.9. The van der Waals surface area contributed by atoms with Crippen LogP contribution < -0.4 is 5.32 Å². The van der Waals surface area contributed by atoms with Crippen LogP contribution in [0.5, 0.6) is 0 Å². The molecular weight excluding hydrogens is 944 g/mol. The van der Waals surface area contributed by atoms with Gasteiger partial charge in [0, 0.05) is 50.1 Å². The molecule has 0 radical (unpaired) electrons. The van der Waals surface area contributed by atoms with Crippen LogP contribution in [0, 0.1) is 23.2 Å². The first kappa shape index (κ1) is 51.4. The predicted molar refractivity (Wildman–Crippen MR) is 252 cm³/mol. The van der Waals surface area contributed by atoms with Gasteiger partial charge in [-0.2, -0.15) is 0 Å². The standard InChI is InChI=1S/C52H61FN2O15S/c1-50-31-42-48-38(29-41(53)40-28-35(57)11-13-51(40,48)69-42)39(50)30-44-52(50,43(58)32-56)70-49(68-44)33-5-7-36(8-6-33)71-37-4-2-3-34(27-37)54-45(59)12-15-62-17-19-64-21-23-66-25-26-67-24-22-65-20-18-63-16-14-55-46(60)9-10-47(55)61/h2-11,13,27-28,38-39,41-42,44,48-49,56H,12,14-26,29-32H2,1H3,(H,54,59)/t38-,39?,41-,42-,44+,48?,49+,50-,51+,52+/m0/s1. The quantitative estimate of drug-likeness (QED) is 0.0934. The van der Waals surface area contributed by atoms with Crippen molar-refractivity contribution in [3.05, 3.63) is 90.0 Å². The summed E-state index contributed by atoms with van der Waals surface area (Å²) in [5, 5.41) is 13.3. The molecule has 17 nitrogen and oxygen atoms in total. The number of aliphatic hydroxyl groups excluding tert-OH is 1. The van der Waals surface area contributed by atoms with Crippen LogP contribution in [0.2, 0.25) is 0 Å². The number of nitrogens with one attached hydrogen (secondary N) is 1. The normalized spacial score (nSPS) is 31.0. The Bertz CT molecular complexity index is 2370. The second-order valence-electron chi connectivity index (χ2n) is 18.9. The third-order valence-corrected chi connectivity index (χ3v) is 15.8. The molecular formula is C52H61FN2O15S. The summed E-state index contributed by atoms with van der Waals surface area (Å²) in [6.45, 7) is 5.88.